The van der Waals surface area contributed by atoms with Gasteiger partial charge in [0, 0.05) is 22.6 Å². The number of rotatable bonds is 5. The fourth-order valence-electron chi connectivity index (χ4n) is 4.27. The van der Waals surface area contributed by atoms with Gasteiger partial charge in [0.25, 0.3) is 0 Å². The van der Waals surface area contributed by atoms with Crippen LogP contribution in [0.4, 0.5) is 0 Å². The number of carbonyl (C=O) groups is 1. The Morgan fingerprint density at radius 3 is 2.46 bits per heavy atom. The van der Waals surface area contributed by atoms with E-state index in [1.807, 2.05) is 0 Å². The first-order chi connectivity index (χ1) is 12.1. The molecule has 0 radical (unpaired) electrons. The van der Waals surface area contributed by atoms with Gasteiger partial charge in [-0.05, 0) is 54.9 Å². The summed E-state index contributed by atoms with van der Waals surface area (Å²) in [4.78, 5) is 12.3. The molecular weight excluding hydrogens is 372 g/mol. The zero-order chi connectivity index (χ0) is 19.2. The lowest BCUT2D eigenvalue weighted by Gasteiger charge is -2.34. The van der Waals surface area contributed by atoms with Gasteiger partial charge >= 0.3 is 0 Å². The fourth-order valence-corrected chi connectivity index (χ4v) is 5.64. The molecule has 0 aromatic heterocycles. The summed E-state index contributed by atoms with van der Waals surface area (Å²) < 4.78 is 24.6. The second-order valence-corrected chi connectivity index (χ2v) is 10.7. The van der Waals surface area contributed by atoms with E-state index >= 15 is 0 Å². The number of hydrazone groups is 1. The van der Waals surface area contributed by atoms with Crippen molar-refractivity contribution in [1.29, 1.82) is 0 Å². The minimum Gasteiger partial charge on any atom is -0.273 e. The van der Waals surface area contributed by atoms with Crippen LogP contribution in [0.25, 0.3) is 0 Å². The molecule has 2 aliphatic rings. The van der Waals surface area contributed by atoms with Gasteiger partial charge < -0.3 is 0 Å². The van der Waals surface area contributed by atoms with Crippen molar-refractivity contribution in [3.8, 4) is 0 Å². The molecule has 0 unspecified atom stereocenters. The number of halogens is 1. The highest BCUT2D eigenvalue weighted by Crippen LogP contribution is 2.63. The number of amides is 1. The van der Waals surface area contributed by atoms with E-state index in [1.54, 1.807) is 0 Å². The van der Waals surface area contributed by atoms with Crippen molar-refractivity contribution < 1.29 is 13.2 Å². The molecule has 2 bridgehead atoms. The van der Waals surface area contributed by atoms with Crippen molar-refractivity contribution in [1.82, 2.24) is 5.43 Å². The van der Waals surface area contributed by atoms with E-state index in [9.17, 15) is 13.2 Å². The Morgan fingerprint density at radius 2 is 1.92 bits per heavy atom. The number of sulfone groups is 1. The molecule has 1 amide bonds. The summed E-state index contributed by atoms with van der Waals surface area (Å²) in [6.45, 7) is 6.76. The van der Waals surface area contributed by atoms with Crippen LogP contribution in [-0.4, -0.2) is 25.8 Å². The maximum Gasteiger partial charge on any atom is 0.241 e. The molecule has 0 aliphatic heterocycles. The van der Waals surface area contributed by atoms with E-state index in [2.05, 4.69) is 31.3 Å². The number of hydrogen-bond donors (Lipinski definition) is 1. The van der Waals surface area contributed by atoms with Crippen LogP contribution in [0.5, 0.6) is 0 Å². The van der Waals surface area contributed by atoms with Crippen LogP contribution in [0, 0.1) is 16.7 Å². The number of carbonyl (C=O) groups excluding carboxylic acids is 1. The molecule has 0 saturated heterocycles. The van der Waals surface area contributed by atoms with Crippen molar-refractivity contribution in [2.75, 3.05) is 5.75 Å². The van der Waals surface area contributed by atoms with Crippen LogP contribution in [0.3, 0.4) is 0 Å². The minimum absolute atomic E-state index is 0.0142. The fraction of sp³-hybridized carbons (Fsp3) is 0.579. The Balaban J connectivity index is 1.59. The molecule has 0 spiro atoms. The first-order valence-corrected chi connectivity index (χ1v) is 10.9. The van der Waals surface area contributed by atoms with Gasteiger partial charge in [-0.2, -0.15) is 5.10 Å². The molecule has 1 N–H and O–H groups in total. The number of nitrogens with one attached hydrogen (secondary N) is 1. The van der Waals surface area contributed by atoms with Crippen LogP contribution in [-0.2, 0) is 14.6 Å². The molecule has 2 saturated carbocycles. The lowest BCUT2D eigenvalue weighted by atomic mass is 9.70. The molecule has 2 fully saturated rings. The van der Waals surface area contributed by atoms with Crippen LogP contribution in [0.2, 0.25) is 5.02 Å². The summed E-state index contributed by atoms with van der Waals surface area (Å²) in [6.07, 6.45) is 3.08. The summed E-state index contributed by atoms with van der Waals surface area (Å²) in [5.74, 6) is -0.0240. The van der Waals surface area contributed by atoms with E-state index < -0.39 is 9.84 Å². The summed E-state index contributed by atoms with van der Waals surface area (Å²) in [5.41, 5.74) is 3.81. The molecule has 2 aliphatic carbocycles. The van der Waals surface area contributed by atoms with Crippen molar-refractivity contribution >= 4 is 33.1 Å². The molecule has 3 rings (SSSR count). The van der Waals surface area contributed by atoms with E-state index in [-0.39, 0.29) is 33.8 Å². The number of nitrogens with zero attached hydrogens (tertiary/aromatic N) is 1. The third-order valence-corrected chi connectivity index (χ3v) is 8.58. The van der Waals surface area contributed by atoms with Crippen LogP contribution >= 0.6 is 11.6 Å². The molecule has 0 heterocycles. The minimum atomic E-state index is -3.52. The average Bonchev–Trinajstić information content (AvgIpc) is 2.92. The number of fused-ring (bicyclic) bond motifs is 2. The highest BCUT2D eigenvalue weighted by atomic mass is 35.5. The molecule has 142 valence electrons. The Labute approximate surface area is 160 Å². The van der Waals surface area contributed by atoms with Gasteiger partial charge in [-0.1, -0.05) is 32.4 Å². The maximum absolute atomic E-state index is 12.3. The Kier molecular flexibility index (Phi) is 4.95. The summed E-state index contributed by atoms with van der Waals surface area (Å²) in [7, 11) is -3.52. The van der Waals surface area contributed by atoms with Gasteiger partial charge in [-0.15, -0.1) is 0 Å². The molecule has 7 heteroatoms. The zero-order valence-corrected chi connectivity index (χ0v) is 17.0. The van der Waals surface area contributed by atoms with Gasteiger partial charge in [0.2, 0.25) is 5.91 Å². The van der Waals surface area contributed by atoms with E-state index in [4.69, 9.17) is 11.6 Å². The molecular formula is C19H25ClN2O3S. The van der Waals surface area contributed by atoms with Gasteiger partial charge in [-0.3, -0.25) is 4.79 Å². The van der Waals surface area contributed by atoms with E-state index in [0.29, 0.717) is 10.9 Å². The number of hydrogen-bond acceptors (Lipinski definition) is 4. The Morgan fingerprint density at radius 1 is 1.27 bits per heavy atom. The zero-order valence-electron chi connectivity index (χ0n) is 15.4. The molecule has 2 atom stereocenters. The number of benzene rings is 1. The van der Waals surface area contributed by atoms with Crippen molar-refractivity contribution in [2.45, 2.75) is 51.3 Å². The van der Waals surface area contributed by atoms with Gasteiger partial charge in [0.1, 0.15) is 0 Å². The van der Waals surface area contributed by atoms with E-state index in [1.165, 1.54) is 30.7 Å². The summed E-state index contributed by atoms with van der Waals surface area (Å²) in [6, 6.07) is 5.96. The maximum atomic E-state index is 12.3. The van der Waals surface area contributed by atoms with Gasteiger partial charge in [-0.25, -0.2) is 13.8 Å². The second-order valence-electron chi connectivity index (χ2n) is 8.11. The van der Waals surface area contributed by atoms with Crippen LogP contribution in [0.1, 0.15) is 46.5 Å². The molecule has 1 aromatic rings. The largest absolute Gasteiger partial charge is 0.273 e. The predicted octanol–water partition coefficient (Wildman–Crippen LogP) is 3.82. The first kappa shape index (κ1) is 19.4. The quantitative estimate of drug-likeness (QED) is 0.768. The van der Waals surface area contributed by atoms with Crippen molar-refractivity contribution in [3.63, 3.8) is 0 Å². The second kappa shape index (κ2) is 6.64. The molecule has 1 aromatic carbocycles. The SMILES string of the molecule is CC1(C)[C@@H]2CC[C@]1(C)/C(=N/NC(=O)CCS(=O)(=O)c1ccc(Cl)cc1)C2. The average molecular weight is 397 g/mol. The lowest BCUT2D eigenvalue weighted by Crippen LogP contribution is -2.34. The van der Waals surface area contributed by atoms with Crippen LogP contribution in [0.15, 0.2) is 34.3 Å². The molecule has 26 heavy (non-hydrogen) atoms. The highest BCUT2D eigenvalue weighted by molar-refractivity contribution is 7.91. The van der Waals surface area contributed by atoms with Crippen molar-refractivity contribution in [3.05, 3.63) is 29.3 Å². The summed E-state index contributed by atoms with van der Waals surface area (Å²) >= 11 is 5.78. The van der Waals surface area contributed by atoms with Crippen LogP contribution < -0.4 is 5.43 Å². The van der Waals surface area contributed by atoms with E-state index in [0.717, 1.165) is 18.6 Å². The standard InChI is InChI=1S/C19H25ClN2O3S/c1-18(2)13-8-10-19(18,3)16(12-13)21-22-17(23)9-11-26(24,25)15-6-4-14(20)5-7-15/h4-7,13H,8-12H2,1-3H3,(H,22,23)/b21-16+/t13-,19-/m1/s1. The topological polar surface area (TPSA) is 75.6 Å². The predicted molar refractivity (Wildman–Crippen MR) is 103 cm³/mol. The van der Waals surface area contributed by atoms with Gasteiger partial charge in [0.05, 0.1) is 10.6 Å². The molecule has 5 nitrogen and oxygen atoms in total. The third-order valence-electron chi connectivity index (χ3n) is 6.60. The Bertz CT molecular complexity index is 846. The smallest absolute Gasteiger partial charge is 0.241 e. The van der Waals surface area contributed by atoms with Gasteiger partial charge in [0.15, 0.2) is 9.84 Å². The monoisotopic (exact) mass is 396 g/mol. The summed E-state index contributed by atoms with van der Waals surface area (Å²) in [5, 5.41) is 4.84. The normalized spacial score (nSPS) is 28.5. The first-order valence-electron chi connectivity index (χ1n) is 8.90. The Hall–Kier alpha value is -1.40. The third kappa shape index (κ3) is 3.29. The lowest BCUT2D eigenvalue weighted by molar-refractivity contribution is -0.120. The van der Waals surface area contributed by atoms with Crippen molar-refractivity contribution in [2.24, 2.45) is 21.8 Å². The highest BCUT2D eigenvalue weighted by Gasteiger charge is 2.60.